The third-order valence-corrected chi connectivity index (χ3v) is 4.66. The molecule has 0 heterocycles. The van der Waals surface area contributed by atoms with Crippen molar-refractivity contribution in [1.29, 1.82) is 0 Å². The van der Waals surface area contributed by atoms with Crippen molar-refractivity contribution in [2.45, 2.75) is 38.6 Å². The van der Waals surface area contributed by atoms with Crippen LogP contribution in [0, 0.1) is 13.8 Å². The monoisotopic (exact) mass is 409 g/mol. The molecule has 0 aliphatic carbocycles. The normalized spacial score (nSPS) is 13.5. The minimum absolute atomic E-state index is 0.0220. The molecule has 0 radical (unpaired) electrons. The summed E-state index contributed by atoms with van der Waals surface area (Å²) in [5.41, 5.74) is 1.79. The molecular weight excluding hydrogens is 387 g/mol. The zero-order chi connectivity index (χ0) is 21.8. The van der Waals surface area contributed by atoms with Crippen LogP contribution in [0.1, 0.15) is 33.9 Å². The Labute approximate surface area is 166 Å². The number of carbonyl (C=O) groups excluding carboxylic acids is 2. The fourth-order valence-electron chi connectivity index (χ4n) is 2.97. The zero-order valence-corrected chi connectivity index (χ0v) is 16.2. The van der Waals surface area contributed by atoms with Crippen LogP contribution in [-0.2, 0) is 26.9 Å². The molecule has 2 aromatic carbocycles. The molecule has 0 saturated heterocycles. The standard InChI is InChI=1S/C21H22F3NO4/c1-12-5-4-6-13(2)16(12)11-17(20(28)29-3)25-19(27)18(26)14-7-9-15(10-8-14)21(22,23)24/h4-10,17-18,26H,11H2,1-3H3,(H,25,27)/t17-,18+/m1/s1. The van der Waals surface area contributed by atoms with E-state index in [1.54, 1.807) is 0 Å². The van der Waals surface area contributed by atoms with Gasteiger partial charge in [0, 0.05) is 6.42 Å². The fraction of sp³-hybridized carbons (Fsp3) is 0.333. The Morgan fingerprint density at radius 1 is 1.07 bits per heavy atom. The first kappa shape index (κ1) is 22.4. The Kier molecular flexibility index (Phi) is 7.02. The number of aryl methyl sites for hydroxylation is 2. The molecule has 0 aliphatic heterocycles. The summed E-state index contributed by atoms with van der Waals surface area (Å²) in [6.07, 6.45) is -6.11. The van der Waals surface area contributed by atoms with Crippen LogP contribution < -0.4 is 5.32 Å². The molecule has 2 rings (SSSR count). The van der Waals surface area contributed by atoms with Gasteiger partial charge in [0.15, 0.2) is 6.10 Å². The van der Waals surface area contributed by atoms with E-state index in [4.69, 9.17) is 4.74 Å². The average molecular weight is 409 g/mol. The Hall–Kier alpha value is -2.87. The number of esters is 1. The van der Waals surface area contributed by atoms with E-state index in [1.807, 2.05) is 32.0 Å². The van der Waals surface area contributed by atoms with Gasteiger partial charge in [-0.2, -0.15) is 13.2 Å². The third-order valence-electron chi connectivity index (χ3n) is 4.66. The van der Waals surface area contributed by atoms with Crippen LogP contribution in [0.15, 0.2) is 42.5 Å². The summed E-state index contributed by atoms with van der Waals surface area (Å²) in [5, 5.41) is 12.6. The largest absolute Gasteiger partial charge is 0.467 e. The minimum atomic E-state index is -4.52. The van der Waals surface area contributed by atoms with Gasteiger partial charge in [0.05, 0.1) is 12.7 Å². The Morgan fingerprint density at radius 2 is 1.62 bits per heavy atom. The molecule has 2 atom stereocenters. The summed E-state index contributed by atoms with van der Waals surface area (Å²) in [6, 6.07) is 8.15. The second-order valence-electron chi connectivity index (χ2n) is 6.68. The second kappa shape index (κ2) is 9.09. The first-order chi connectivity index (χ1) is 13.5. The lowest BCUT2D eigenvalue weighted by Crippen LogP contribution is -2.45. The number of methoxy groups -OCH3 is 1. The molecule has 156 valence electrons. The average Bonchev–Trinajstić information content (AvgIpc) is 2.68. The summed E-state index contributed by atoms with van der Waals surface area (Å²) >= 11 is 0. The molecule has 1 amide bonds. The molecule has 0 fully saturated rings. The lowest BCUT2D eigenvalue weighted by molar-refractivity contribution is -0.146. The van der Waals surface area contributed by atoms with Crippen molar-refractivity contribution in [3.63, 3.8) is 0 Å². The van der Waals surface area contributed by atoms with Crippen molar-refractivity contribution in [3.8, 4) is 0 Å². The van der Waals surface area contributed by atoms with E-state index < -0.39 is 35.8 Å². The van der Waals surface area contributed by atoms with Gasteiger partial charge in [-0.15, -0.1) is 0 Å². The van der Waals surface area contributed by atoms with Crippen molar-refractivity contribution in [3.05, 3.63) is 70.3 Å². The van der Waals surface area contributed by atoms with Crippen molar-refractivity contribution < 1.29 is 32.6 Å². The van der Waals surface area contributed by atoms with Crippen LogP contribution in [0.5, 0.6) is 0 Å². The first-order valence-electron chi connectivity index (χ1n) is 8.83. The Balaban J connectivity index is 2.18. The van der Waals surface area contributed by atoms with Gasteiger partial charge < -0.3 is 15.2 Å². The minimum Gasteiger partial charge on any atom is -0.467 e. The molecule has 29 heavy (non-hydrogen) atoms. The number of ether oxygens (including phenoxy) is 1. The van der Waals surface area contributed by atoms with Gasteiger partial charge >= 0.3 is 12.1 Å². The van der Waals surface area contributed by atoms with Crippen LogP contribution in [0.3, 0.4) is 0 Å². The maximum Gasteiger partial charge on any atom is 0.416 e. The highest BCUT2D eigenvalue weighted by Gasteiger charge is 2.31. The quantitative estimate of drug-likeness (QED) is 0.719. The number of hydrogen-bond acceptors (Lipinski definition) is 4. The molecule has 0 unspecified atom stereocenters. The lowest BCUT2D eigenvalue weighted by Gasteiger charge is -2.21. The SMILES string of the molecule is COC(=O)[C@@H](Cc1c(C)cccc1C)NC(=O)[C@@H](O)c1ccc(C(F)(F)F)cc1. The fourth-order valence-corrected chi connectivity index (χ4v) is 2.97. The smallest absolute Gasteiger partial charge is 0.416 e. The van der Waals surface area contributed by atoms with E-state index in [0.717, 1.165) is 41.0 Å². The van der Waals surface area contributed by atoms with E-state index in [2.05, 4.69) is 5.32 Å². The summed E-state index contributed by atoms with van der Waals surface area (Å²) in [6.45, 7) is 3.74. The number of aliphatic hydroxyl groups is 1. The number of halogens is 3. The number of nitrogens with one attached hydrogen (secondary N) is 1. The number of rotatable bonds is 6. The summed E-state index contributed by atoms with van der Waals surface area (Å²) < 4.78 is 42.7. The predicted molar refractivity (Wildman–Crippen MR) is 100.0 cm³/mol. The molecule has 0 saturated carbocycles. The van der Waals surface area contributed by atoms with Crippen LogP contribution in [0.4, 0.5) is 13.2 Å². The van der Waals surface area contributed by atoms with E-state index in [-0.39, 0.29) is 12.0 Å². The van der Waals surface area contributed by atoms with Gasteiger partial charge in [0.2, 0.25) is 0 Å². The number of hydrogen-bond donors (Lipinski definition) is 2. The summed E-state index contributed by atoms with van der Waals surface area (Å²) in [4.78, 5) is 24.6. The van der Waals surface area contributed by atoms with Crippen LogP contribution in [-0.4, -0.2) is 30.1 Å². The second-order valence-corrected chi connectivity index (χ2v) is 6.68. The highest BCUT2D eigenvalue weighted by atomic mass is 19.4. The molecule has 0 spiro atoms. The van der Waals surface area contributed by atoms with Crippen molar-refractivity contribution >= 4 is 11.9 Å². The molecule has 2 aromatic rings. The lowest BCUT2D eigenvalue weighted by atomic mass is 9.96. The number of benzene rings is 2. The maximum atomic E-state index is 12.7. The van der Waals surface area contributed by atoms with Crippen molar-refractivity contribution in [2.75, 3.05) is 7.11 Å². The zero-order valence-electron chi connectivity index (χ0n) is 16.2. The molecule has 0 bridgehead atoms. The van der Waals surface area contributed by atoms with E-state index in [9.17, 15) is 27.9 Å². The van der Waals surface area contributed by atoms with Crippen LogP contribution in [0.25, 0.3) is 0 Å². The van der Waals surface area contributed by atoms with Gasteiger partial charge in [0.25, 0.3) is 5.91 Å². The highest BCUT2D eigenvalue weighted by Crippen LogP contribution is 2.30. The van der Waals surface area contributed by atoms with Crippen molar-refractivity contribution in [2.24, 2.45) is 0 Å². The van der Waals surface area contributed by atoms with E-state index >= 15 is 0 Å². The van der Waals surface area contributed by atoms with Crippen LogP contribution in [0.2, 0.25) is 0 Å². The predicted octanol–water partition coefficient (Wildman–Crippen LogP) is 3.26. The van der Waals surface area contributed by atoms with Gasteiger partial charge in [-0.1, -0.05) is 30.3 Å². The van der Waals surface area contributed by atoms with Gasteiger partial charge in [0.1, 0.15) is 6.04 Å². The van der Waals surface area contributed by atoms with Gasteiger partial charge in [-0.3, -0.25) is 4.79 Å². The molecule has 0 aliphatic rings. The third kappa shape index (κ3) is 5.57. The Morgan fingerprint density at radius 3 is 2.10 bits per heavy atom. The molecule has 8 heteroatoms. The van der Waals surface area contributed by atoms with Gasteiger partial charge in [-0.05, 0) is 48.2 Å². The number of alkyl halides is 3. The molecular formula is C21H22F3NO4. The number of carbonyl (C=O) groups is 2. The summed E-state index contributed by atoms with van der Waals surface area (Å²) in [5.74, 6) is -1.60. The van der Waals surface area contributed by atoms with Gasteiger partial charge in [-0.25, -0.2) is 4.79 Å². The first-order valence-corrected chi connectivity index (χ1v) is 8.83. The topological polar surface area (TPSA) is 75.6 Å². The maximum absolute atomic E-state index is 12.7. The van der Waals surface area contributed by atoms with Crippen molar-refractivity contribution in [1.82, 2.24) is 5.32 Å². The van der Waals surface area contributed by atoms with Crippen LogP contribution >= 0.6 is 0 Å². The number of aliphatic hydroxyl groups excluding tert-OH is 1. The molecule has 0 aromatic heterocycles. The summed E-state index contributed by atoms with van der Waals surface area (Å²) in [7, 11) is 1.18. The number of amides is 1. The van der Waals surface area contributed by atoms with E-state index in [0.29, 0.717) is 0 Å². The molecule has 2 N–H and O–H groups in total. The Bertz CT molecular complexity index is 858. The highest BCUT2D eigenvalue weighted by molar-refractivity contribution is 5.87. The van der Waals surface area contributed by atoms with E-state index in [1.165, 1.54) is 7.11 Å². The molecule has 5 nitrogen and oxygen atoms in total.